The van der Waals surface area contributed by atoms with Crippen molar-refractivity contribution in [1.29, 1.82) is 0 Å². The number of aromatic amines is 1. The van der Waals surface area contributed by atoms with Gasteiger partial charge < -0.3 is 25.3 Å². The molecule has 1 aromatic carbocycles. The van der Waals surface area contributed by atoms with Crippen molar-refractivity contribution in [3.63, 3.8) is 0 Å². The Kier molecular flexibility index (Phi) is 6.99. The summed E-state index contributed by atoms with van der Waals surface area (Å²) in [6.07, 6.45) is 4.89. The molecule has 1 aliphatic carbocycles. The molecular formula is C23H28ClN5O4. The number of imidazole rings is 1. The van der Waals surface area contributed by atoms with E-state index in [-0.39, 0.29) is 29.2 Å². The molecule has 0 bridgehead atoms. The van der Waals surface area contributed by atoms with Crippen molar-refractivity contribution < 1.29 is 19.1 Å². The summed E-state index contributed by atoms with van der Waals surface area (Å²) >= 11 is 6.31. The van der Waals surface area contributed by atoms with Gasteiger partial charge in [0.05, 0.1) is 29.1 Å². The minimum Gasteiger partial charge on any atom is -0.383 e. The van der Waals surface area contributed by atoms with E-state index < -0.39 is 11.3 Å². The average molecular weight is 474 g/mol. The molecule has 0 unspecified atom stereocenters. The van der Waals surface area contributed by atoms with Crippen molar-refractivity contribution in [1.82, 2.24) is 20.6 Å². The Bertz CT molecular complexity index is 1030. The van der Waals surface area contributed by atoms with Crippen LogP contribution in [0.25, 0.3) is 0 Å². The number of hydrogen-bond donors (Lipinski definition) is 3. The molecule has 2 aliphatic rings. The number of benzene rings is 1. The summed E-state index contributed by atoms with van der Waals surface area (Å²) in [6, 6.07) is 7.33. The number of carbonyl (C=O) groups excluding carboxylic acids is 3. The van der Waals surface area contributed by atoms with E-state index in [9.17, 15) is 14.4 Å². The molecule has 9 nitrogen and oxygen atoms in total. The van der Waals surface area contributed by atoms with Gasteiger partial charge in [-0.2, -0.15) is 0 Å². The molecular weight excluding hydrogens is 446 g/mol. The maximum Gasteiger partial charge on any atom is 0.272 e. The number of halogens is 1. The molecule has 176 valence electrons. The summed E-state index contributed by atoms with van der Waals surface area (Å²) in [6.45, 7) is 1.34. The molecule has 3 amide bonds. The van der Waals surface area contributed by atoms with Gasteiger partial charge in [-0.25, -0.2) is 4.98 Å². The van der Waals surface area contributed by atoms with Gasteiger partial charge >= 0.3 is 0 Å². The second-order valence-corrected chi connectivity index (χ2v) is 8.97. The van der Waals surface area contributed by atoms with Crippen LogP contribution in [0.4, 0.5) is 5.69 Å². The maximum absolute atomic E-state index is 13.3. The number of methoxy groups -OCH3 is 1. The molecule has 2 aromatic rings. The Labute approximate surface area is 197 Å². The third-order valence-electron chi connectivity index (χ3n) is 6.61. The minimum absolute atomic E-state index is 0.0530. The topological polar surface area (TPSA) is 116 Å². The van der Waals surface area contributed by atoms with Gasteiger partial charge in [0.15, 0.2) is 5.69 Å². The fourth-order valence-corrected chi connectivity index (χ4v) is 4.98. The summed E-state index contributed by atoms with van der Waals surface area (Å²) in [5, 5.41) is 6.24. The quantitative estimate of drug-likeness (QED) is 0.534. The largest absolute Gasteiger partial charge is 0.383 e. The number of anilines is 1. The van der Waals surface area contributed by atoms with Gasteiger partial charge in [0.25, 0.3) is 11.8 Å². The molecule has 1 saturated heterocycles. The van der Waals surface area contributed by atoms with Crippen molar-refractivity contribution in [2.45, 2.75) is 38.1 Å². The van der Waals surface area contributed by atoms with E-state index in [1.807, 2.05) is 18.2 Å². The number of carbonyl (C=O) groups is 3. The first-order valence-electron chi connectivity index (χ1n) is 11.1. The van der Waals surface area contributed by atoms with Gasteiger partial charge in [0.2, 0.25) is 5.91 Å². The Morgan fingerprint density at radius 3 is 2.73 bits per heavy atom. The lowest BCUT2D eigenvalue weighted by atomic mass is 9.71. The number of nitrogens with one attached hydrogen (secondary N) is 3. The molecule has 4 rings (SSSR count). The highest BCUT2D eigenvalue weighted by Gasteiger charge is 2.49. The summed E-state index contributed by atoms with van der Waals surface area (Å²) in [5.41, 5.74) is 0.539. The van der Waals surface area contributed by atoms with Gasteiger partial charge in [-0.05, 0) is 44.2 Å². The fraction of sp³-hybridized carbons (Fsp3) is 0.478. The summed E-state index contributed by atoms with van der Waals surface area (Å²) < 4.78 is 4.92. The third kappa shape index (κ3) is 4.74. The number of amides is 3. The molecule has 0 radical (unpaired) electrons. The van der Waals surface area contributed by atoms with Gasteiger partial charge in [-0.3, -0.25) is 14.4 Å². The number of para-hydroxylation sites is 1. The van der Waals surface area contributed by atoms with E-state index in [1.165, 1.54) is 6.33 Å². The van der Waals surface area contributed by atoms with Crippen molar-refractivity contribution in [2.75, 3.05) is 31.7 Å². The second kappa shape index (κ2) is 9.93. The van der Waals surface area contributed by atoms with Crippen LogP contribution < -0.4 is 15.5 Å². The third-order valence-corrected chi connectivity index (χ3v) is 6.93. The Balaban J connectivity index is 1.35. The van der Waals surface area contributed by atoms with E-state index in [1.54, 1.807) is 18.1 Å². The standard InChI is InChI=1S/C23H28ClN5O4/c1-33-13-11-25-20(30)18-19(27-14-26-18)21(31)28-15-6-8-23(9-7-15)10-12-29(22(23)32)17-5-3-2-4-16(17)24/h2-5,14-15H,6-13H2,1H3,(H,25,30)(H,26,27)(H,28,31)/t15-,23-. The first kappa shape index (κ1) is 23.3. The normalized spacial score (nSPS) is 22.5. The first-order valence-corrected chi connectivity index (χ1v) is 11.5. The van der Waals surface area contributed by atoms with E-state index in [0.717, 1.165) is 12.1 Å². The number of aromatic nitrogens is 2. The van der Waals surface area contributed by atoms with Crippen LogP contribution in [0.3, 0.4) is 0 Å². The molecule has 1 saturated carbocycles. The zero-order chi connectivity index (χ0) is 23.4. The Hall–Kier alpha value is -2.91. The second-order valence-electron chi connectivity index (χ2n) is 8.56. The van der Waals surface area contributed by atoms with E-state index in [4.69, 9.17) is 16.3 Å². The Morgan fingerprint density at radius 2 is 2.00 bits per heavy atom. The van der Waals surface area contributed by atoms with Crippen LogP contribution in [0.1, 0.15) is 53.1 Å². The average Bonchev–Trinajstić information content (AvgIpc) is 3.42. The SMILES string of the molecule is COCCNC(=O)c1nc[nH]c1C(=O)N[C@H]1CC[C@@]2(CCN(c3ccccc3Cl)C2=O)CC1. The van der Waals surface area contributed by atoms with Crippen LogP contribution in [-0.2, 0) is 9.53 Å². The van der Waals surface area contributed by atoms with Gasteiger partial charge in [0, 0.05) is 26.2 Å². The zero-order valence-corrected chi connectivity index (χ0v) is 19.3. The smallest absolute Gasteiger partial charge is 0.272 e. The lowest BCUT2D eigenvalue weighted by molar-refractivity contribution is -0.127. The van der Waals surface area contributed by atoms with Gasteiger partial charge in [0.1, 0.15) is 5.69 Å². The molecule has 10 heteroatoms. The maximum atomic E-state index is 13.3. The predicted octanol–water partition coefficient (Wildman–Crippen LogP) is 2.54. The predicted molar refractivity (Wildman–Crippen MR) is 123 cm³/mol. The molecule has 2 fully saturated rings. The highest BCUT2D eigenvalue weighted by Crippen LogP contribution is 2.46. The first-order chi connectivity index (χ1) is 15.9. The summed E-state index contributed by atoms with van der Waals surface area (Å²) in [5.74, 6) is -0.693. The van der Waals surface area contributed by atoms with Crippen LogP contribution in [0.2, 0.25) is 5.02 Å². The van der Waals surface area contributed by atoms with Gasteiger partial charge in [-0.15, -0.1) is 0 Å². The van der Waals surface area contributed by atoms with Crippen LogP contribution in [-0.4, -0.2) is 60.5 Å². The lowest BCUT2D eigenvalue weighted by Gasteiger charge is -2.36. The molecule has 33 heavy (non-hydrogen) atoms. The minimum atomic E-state index is -0.433. The van der Waals surface area contributed by atoms with Crippen LogP contribution in [0.5, 0.6) is 0 Å². The molecule has 2 heterocycles. The molecule has 3 N–H and O–H groups in total. The highest BCUT2D eigenvalue weighted by atomic mass is 35.5. The number of hydrogen-bond acceptors (Lipinski definition) is 5. The molecule has 1 aromatic heterocycles. The molecule has 0 atom stereocenters. The van der Waals surface area contributed by atoms with Crippen molar-refractivity contribution in [3.05, 3.63) is 47.0 Å². The Morgan fingerprint density at radius 1 is 1.24 bits per heavy atom. The molecule has 1 aliphatic heterocycles. The number of nitrogens with zero attached hydrogens (tertiary/aromatic N) is 2. The van der Waals surface area contributed by atoms with Crippen LogP contribution in [0.15, 0.2) is 30.6 Å². The monoisotopic (exact) mass is 473 g/mol. The van der Waals surface area contributed by atoms with Crippen molar-refractivity contribution in [2.24, 2.45) is 5.41 Å². The van der Waals surface area contributed by atoms with E-state index in [0.29, 0.717) is 50.4 Å². The van der Waals surface area contributed by atoms with Gasteiger partial charge in [-0.1, -0.05) is 23.7 Å². The summed E-state index contributed by atoms with van der Waals surface area (Å²) in [7, 11) is 1.54. The van der Waals surface area contributed by atoms with E-state index >= 15 is 0 Å². The van der Waals surface area contributed by atoms with E-state index in [2.05, 4.69) is 20.6 Å². The number of ether oxygens (including phenoxy) is 1. The van der Waals surface area contributed by atoms with Crippen LogP contribution in [0, 0.1) is 5.41 Å². The van der Waals surface area contributed by atoms with Crippen molar-refractivity contribution >= 4 is 35.0 Å². The lowest BCUT2D eigenvalue weighted by Crippen LogP contribution is -2.44. The number of rotatable bonds is 7. The summed E-state index contributed by atoms with van der Waals surface area (Å²) in [4.78, 5) is 46.9. The number of H-pyrrole nitrogens is 1. The van der Waals surface area contributed by atoms with Crippen LogP contribution >= 0.6 is 11.6 Å². The zero-order valence-electron chi connectivity index (χ0n) is 18.5. The highest BCUT2D eigenvalue weighted by molar-refractivity contribution is 6.34. The molecule has 1 spiro atoms. The fourth-order valence-electron chi connectivity index (χ4n) is 4.75. The van der Waals surface area contributed by atoms with Crippen molar-refractivity contribution in [3.8, 4) is 0 Å².